The van der Waals surface area contributed by atoms with Crippen LogP contribution < -0.4 is 4.90 Å². The normalized spacial score (nSPS) is 10.4. The number of carbonyl (C=O) groups is 1. The molecule has 94 valence electrons. The summed E-state index contributed by atoms with van der Waals surface area (Å²) < 4.78 is 1.76. The lowest BCUT2D eigenvalue weighted by atomic mass is 10.2. The molecule has 18 heavy (non-hydrogen) atoms. The van der Waals surface area contributed by atoms with Crippen LogP contribution in [0.1, 0.15) is 11.4 Å². The van der Waals surface area contributed by atoms with Gasteiger partial charge >= 0.3 is 0 Å². The molecule has 0 aliphatic rings. The average Bonchev–Trinajstić information content (AvgIpc) is 2.68. The molecule has 1 heterocycles. The summed E-state index contributed by atoms with van der Waals surface area (Å²) in [5.74, 6) is 0.0594. The number of likely N-dealkylation sites (N-methyl/N-ethyl adjacent to an activating group) is 1. The molecule has 2 aromatic rings. The van der Waals surface area contributed by atoms with E-state index in [1.54, 1.807) is 16.6 Å². The van der Waals surface area contributed by atoms with E-state index >= 15 is 0 Å². The fourth-order valence-corrected chi connectivity index (χ4v) is 1.90. The van der Waals surface area contributed by atoms with Crippen LogP contribution in [0.3, 0.4) is 0 Å². The molecule has 0 unspecified atom stereocenters. The first-order valence-electron chi connectivity index (χ1n) is 5.89. The molecule has 0 aliphatic carbocycles. The molecular weight excluding hydrogens is 226 g/mol. The van der Waals surface area contributed by atoms with Gasteiger partial charge in [-0.05, 0) is 25.1 Å². The Balaban J connectivity index is 2.11. The number of benzene rings is 1. The van der Waals surface area contributed by atoms with Crippen molar-refractivity contribution >= 4 is 11.6 Å². The van der Waals surface area contributed by atoms with Gasteiger partial charge in [0.2, 0.25) is 5.91 Å². The summed E-state index contributed by atoms with van der Waals surface area (Å²) in [6, 6.07) is 11.6. The Labute approximate surface area is 107 Å². The molecule has 0 saturated heterocycles. The van der Waals surface area contributed by atoms with Gasteiger partial charge in [0.15, 0.2) is 0 Å². The second-order valence-electron chi connectivity index (χ2n) is 4.37. The minimum absolute atomic E-state index is 0.0594. The zero-order valence-electron chi connectivity index (χ0n) is 10.9. The Morgan fingerprint density at radius 1 is 1.33 bits per heavy atom. The van der Waals surface area contributed by atoms with Gasteiger partial charge in [-0.1, -0.05) is 18.2 Å². The van der Waals surface area contributed by atoms with Gasteiger partial charge in [0.1, 0.15) is 0 Å². The van der Waals surface area contributed by atoms with Crippen molar-refractivity contribution in [3.05, 3.63) is 47.8 Å². The monoisotopic (exact) mass is 243 g/mol. The maximum absolute atomic E-state index is 12.2. The quantitative estimate of drug-likeness (QED) is 0.826. The van der Waals surface area contributed by atoms with Crippen LogP contribution in [-0.4, -0.2) is 22.7 Å². The molecule has 0 atom stereocenters. The fraction of sp³-hybridized carbons (Fsp3) is 0.286. The molecule has 2 rings (SSSR count). The number of hydrogen-bond acceptors (Lipinski definition) is 2. The summed E-state index contributed by atoms with van der Waals surface area (Å²) in [4.78, 5) is 13.8. The number of aromatic nitrogens is 2. The maximum atomic E-state index is 12.2. The average molecular weight is 243 g/mol. The molecule has 0 fully saturated rings. The first-order valence-corrected chi connectivity index (χ1v) is 5.89. The Morgan fingerprint density at radius 3 is 2.56 bits per heavy atom. The van der Waals surface area contributed by atoms with E-state index in [1.807, 2.05) is 50.4 Å². The molecule has 1 amide bonds. The lowest BCUT2D eigenvalue weighted by Gasteiger charge is -2.17. The number of amides is 1. The molecule has 1 aromatic heterocycles. The Hall–Kier alpha value is -2.10. The predicted molar refractivity (Wildman–Crippen MR) is 71.5 cm³/mol. The van der Waals surface area contributed by atoms with E-state index in [-0.39, 0.29) is 5.91 Å². The lowest BCUT2D eigenvalue weighted by Crippen LogP contribution is -2.28. The molecule has 4 heteroatoms. The molecular formula is C14H17N3O. The van der Waals surface area contributed by atoms with Crippen molar-refractivity contribution in [1.82, 2.24) is 9.78 Å². The molecule has 1 aromatic carbocycles. The number of nitrogens with zero attached hydrogens (tertiary/aromatic N) is 3. The van der Waals surface area contributed by atoms with Crippen LogP contribution in [0.15, 0.2) is 36.4 Å². The minimum Gasteiger partial charge on any atom is -0.315 e. The van der Waals surface area contributed by atoms with Crippen molar-refractivity contribution in [2.45, 2.75) is 13.3 Å². The van der Waals surface area contributed by atoms with E-state index in [4.69, 9.17) is 0 Å². The van der Waals surface area contributed by atoms with Crippen molar-refractivity contribution in [2.24, 2.45) is 7.05 Å². The van der Waals surface area contributed by atoms with Crippen LogP contribution in [0.5, 0.6) is 0 Å². The van der Waals surface area contributed by atoms with Gasteiger partial charge < -0.3 is 4.90 Å². The van der Waals surface area contributed by atoms with Crippen molar-refractivity contribution in [3.8, 4) is 0 Å². The number of carbonyl (C=O) groups excluding carboxylic acids is 1. The van der Waals surface area contributed by atoms with Gasteiger partial charge in [0, 0.05) is 25.5 Å². The highest BCUT2D eigenvalue weighted by Gasteiger charge is 2.13. The van der Waals surface area contributed by atoms with Crippen molar-refractivity contribution in [3.63, 3.8) is 0 Å². The molecule has 0 spiro atoms. The van der Waals surface area contributed by atoms with Gasteiger partial charge in [0.25, 0.3) is 0 Å². The summed E-state index contributed by atoms with van der Waals surface area (Å²) >= 11 is 0. The Kier molecular flexibility index (Phi) is 3.46. The van der Waals surface area contributed by atoms with Crippen molar-refractivity contribution < 1.29 is 4.79 Å². The summed E-state index contributed by atoms with van der Waals surface area (Å²) in [5.41, 5.74) is 2.77. The SMILES string of the molecule is Cc1cc(CC(=O)N(C)c2ccccc2)n(C)n1. The lowest BCUT2D eigenvalue weighted by molar-refractivity contribution is -0.117. The van der Waals surface area contributed by atoms with E-state index in [0.29, 0.717) is 6.42 Å². The Morgan fingerprint density at radius 2 is 2.00 bits per heavy atom. The highest BCUT2D eigenvalue weighted by Crippen LogP contribution is 2.13. The van der Waals surface area contributed by atoms with Gasteiger partial charge in [0.05, 0.1) is 12.1 Å². The first kappa shape index (κ1) is 12.4. The molecule has 0 N–H and O–H groups in total. The van der Waals surface area contributed by atoms with Gasteiger partial charge in [-0.2, -0.15) is 5.10 Å². The minimum atomic E-state index is 0.0594. The highest BCUT2D eigenvalue weighted by molar-refractivity contribution is 5.93. The molecule has 0 aliphatic heterocycles. The Bertz CT molecular complexity index is 545. The number of para-hydroxylation sites is 1. The summed E-state index contributed by atoms with van der Waals surface area (Å²) in [7, 11) is 3.65. The number of rotatable bonds is 3. The third kappa shape index (κ3) is 2.59. The second-order valence-corrected chi connectivity index (χ2v) is 4.37. The van der Waals surface area contributed by atoms with Crippen molar-refractivity contribution in [1.29, 1.82) is 0 Å². The molecule has 0 radical (unpaired) electrons. The summed E-state index contributed by atoms with van der Waals surface area (Å²) in [6.07, 6.45) is 0.364. The van der Waals surface area contributed by atoms with Crippen LogP contribution in [0, 0.1) is 6.92 Å². The summed E-state index contributed by atoms with van der Waals surface area (Å²) in [5, 5.41) is 4.24. The van der Waals surface area contributed by atoms with E-state index in [9.17, 15) is 4.79 Å². The number of hydrogen-bond donors (Lipinski definition) is 0. The fourth-order valence-electron chi connectivity index (χ4n) is 1.90. The summed E-state index contributed by atoms with van der Waals surface area (Å²) in [6.45, 7) is 1.93. The molecule has 4 nitrogen and oxygen atoms in total. The zero-order chi connectivity index (χ0) is 13.1. The zero-order valence-corrected chi connectivity index (χ0v) is 10.9. The van der Waals surface area contributed by atoms with Crippen LogP contribution >= 0.6 is 0 Å². The van der Waals surface area contributed by atoms with Gasteiger partial charge in [-0.3, -0.25) is 9.48 Å². The third-order valence-corrected chi connectivity index (χ3v) is 2.95. The standard InChI is InChI=1S/C14H17N3O/c1-11-9-13(17(3)15-11)10-14(18)16(2)12-7-5-4-6-8-12/h4-9H,10H2,1-3H3. The maximum Gasteiger partial charge on any atom is 0.232 e. The van der Waals surface area contributed by atoms with Crippen LogP contribution in [0.25, 0.3) is 0 Å². The van der Waals surface area contributed by atoms with E-state index in [1.165, 1.54) is 0 Å². The second kappa shape index (κ2) is 5.04. The molecule has 0 bridgehead atoms. The van der Waals surface area contributed by atoms with Crippen LogP contribution in [0.2, 0.25) is 0 Å². The molecule has 0 saturated carbocycles. The van der Waals surface area contributed by atoms with E-state index < -0.39 is 0 Å². The van der Waals surface area contributed by atoms with Crippen molar-refractivity contribution in [2.75, 3.05) is 11.9 Å². The third-order valence-electron chi connectivity index (χ3n) is 2.95. The smallest absolute Gasteiger partial charge is 0.232 e. The number of aryl methyl sites for hydroxylation is 2. The van der Waals surface area contributed by atoms with Crippen LogP contribution in [0.4, 0.5) is 5.69 Å². The van der Waals surface area contributed by atoms with Gasteiger partial charge in [-0.25, -0.2) is 0 Å². The topological polar surface area (TPSA) is 38.1 Å². The van der Waals surface area contributed by atoms with Gasteiger partial charge in [-0.15, -0.1) is 0 Å². The number of anilines is 1. The highest BCUT2D eigenvalue weighted by atomic mass is 16.2. The first-order chi connectivity index (χ1) is 8.58. The van der Waals surface area contributed by atoms with E-state index in [2.05, 4.69) is 5.10 Å². The van der Waals surface area contributed by atoms with E-state index in [0.717, 1.165) is 17.1 Å². The predicted octanol–water partition coefficient (Wildman–Crippen LogP) is 1.93. The largest absolute Gasteiger partial charge is 0.315 e. The van der Waals surface area contributed by atoms with Crippen LogP contribution in [-0.2, 0) is 18.3 Å².